The van der Waals surface area contributed by atoms with E-state index in [2.05, 4.69) is 25.6 Å². The van der Waals surface area contributed by atoms with Gasteiger partial charge in [0.2, 0.25) is 5.91 Å². The highest BCUT2D eigenvalue weighted by Gasteiger charge is 2.26. The fourth-order valence-electron chi connectivity index (χ4n) is 2.74. The molecule has 0 unspecified atom stereocenters. The van der Waals surface area contributed by atoms with E-state index in [1.54, 1.807) is 12.4 Å². The van der Waals surface area contributed by atoms with Crippen LogP contribution in [0.3, 0.4) is 0 Å². The van der Waals surface area contributed by atoms with Crippen LogP contribution in [-0.4, -0.2) is 33.9 Å². The van der Waals surface area contributed by atoms with E-state index in [9.17, 15) is 4.79 Å². The van der Waals surface area contributed by atoms with Crippen LogP contribution in [0.2, 0.25) is 0 Å². The molecule has 1 saturated heterocycles. The fraction of sp³-hybridized carbons (Fsp3) is 0.429. The molecule has 0 radical (unpaired) electrons. The number of anilines is 2. The standard InChI is InChI=1S/C17H19N5OS.C4H9N/c1-4-17(2,3)16(23)20-11-9-24-13-12(11)21-15(22-14(13)18)10-5-7-19-8-6-10;1-2-4-5-3-1/h5-9H,4H2,1-3H3,(H,20,23)(H2,18,21,22);5H,1-4H2. The molecule has 0 spiro atoms. The number of hydrogen-bond acceptors (Lipinski definition) is 7. The summed E-state index contributed by atoms with van der Waals surface area (Å²) in [5.74, 6) is 0.894. The largest absolute Gasteiger partial charge is 0.382 e. The van der Waals surface area contributed by atoms with E-state index in [0.717, 1.165) is 16.7 Å². The van der Waals surface area contributed by atoms with Crippen LogP contribution in [0.15, 0.2) is 29.9 Å². The van der Waals surface area contributed by atoms with Crippen molar-refractivity contribution < 1.29 is 4.79 Å². The van der Waals surface area contributed by atoms with Gasteiger partial charge in [0.05, 0.1) is 10.4 Å². The molecule has 1 aliphatic heterocycles. The van der Waals surface area contributed by atoms with Crippen LogP contribution in [0, 0.1) is 5.41 Å². The minimum atomic E-state index is -0.444. The Bertz CT molecular complexity index is 958. The number of carbonyl (C=O) groups excluding carboxylic acids is 1. The van der Waals surface area contributed by atoms with E-state index in [1.165, 1.54) is 37.3 Å². The average molecular weight is 413 g/mol. The molecule has 154 valence electrons. The van der Waals surface area contributed by atoms with Crippen molar-refractivity contribution in [3.8, 4) is 11.4 Å². The summed E-state index contributed by atoms with van der Waals surface area (Å²) >= 11 is 1.43. The number of aromatic nitrogens is 3. The molecule has 0 aliphatic carbocycles. The SMILES string of the molecule is C1CCNC1.CCC(C)(C)C(=O)Nc1csc2c(N)nc(-c3ccncc3)nc12. The van der Waals surface area contributed by atoms with Crippen molar-refractivity contribution in [2.45, 2.75) is 40.0 Å². The van der Waals surface area contributed by atoms with Crippen LogP contribution in [-0.2, 0) is 4.79 Å². The van der Waals surface area contributed by atoms with Crippen molar-refractivity contribution in [1.82, 2.24) is 20.3 Å². The maximum absolute atomic E-state index is 12.5. The second-order valence-corrected chi connectivity index (χ2v) is 8.52. The third-order valence-electron chi connectivity index (χ3n) is 5.08. The highest BCUT2D eigenvalue weighted by molar-refractivity contribution is 7.18. The summed E-state index contributed by atoms with van der Waals surface area (Å²) in [6, 6.07) is 3.65. The van der Waals surface area contributed by atoms with Crippen molar-refractivity contribution in [1.29, 1.82) is 0 Å². The first-order valence-electron chi connectivity index (χ1n) is 9.89. The van der Waals surface area contributed by atoms with Crippen molar-refractivity contribution in [3.63, 3.8) is 0 Å². The molecule has 3 aromatic heterocycles. The van der Waals surface area contributed by atoms with E-state index in [-0.39, 0.29) is 5.91 Å². The fourth-order valence-corrected chi connectivity index (χ4v) is 3.58. The number of rotatable bonds is 4. The Morgan fingerprint density at radius 3 is 2.52 bits per heavy atom. The lowest BCUT2D eigenvalue weighted by Crippen LogP contribution is -2.29. The summed E-state index contributed by atoms with van der Waals surface area (Å²) in [5.41, 5.74) is 7.81. The summed E-state index contributed by atoms with van der Waals surface area (Å²) in [4.78, 5) is 25.4. The molecule has 1 fully saturated rings. The number of pyridine rings is 1. The first-order chi connectivity index (χ1) is 13.9. The van der Waals surface area contributed by atoms with Gasteiger partial charge in [0.25, 0.3) is 0 Å². The molecule has 0 aromatic carbocycles. The molecule has 1 aliphatic rings. The van der Waals surface area contributed by atoms with E-state index < -0.39 is 5.41 Å². The van der Waals surface area contributed by atoms with Crippen LogP contribution < -0.4 is 16.4 Å². The Morgan fingerprint density at radius 1 is 1.24 bits per heavy atom. The second kappa shape index (κ2) is 9.28. The van der Waals surface area contributed by atoms with Gasteiger partial charge >= 0.3 is 0 Å². The van der Waals surface area contributed by atoms with Gasteiger partial charge in [0.1, 0.15) is 11.3 Å². The average Bonchev–Trinajstić information content (AvgIpc) is 3.43. The maximum atomic E-state index is 12.5. The third-order valence-corrected chi connectivity index (χ3v) is 6.08. The predicted octanol–water partition coefficient (Wildman–Crippen LogP) is 4.08. The van der Waals surface area contributed by atoms with Crippen LogP contribution in [0.4, 0.5) is 11.5 Å². The number of nitrogen functional groups attached to an aromatic ring is 1. The Labute approximate surface area is 175 Å². The van der Waals surface area contributed by atoms with Crippen molar-refractivity contribution in [2.75, 3.05) is 24.1 Å². The van der Waals surface area contributed by atoms with Crippen LogP contribution in [0.25, 0.3) is 21.6 Å². The lowest BCUT2D eigenvalue weighted by atomic mass is 9.89. The smallest absolute Gasteiger partial charge is 0.230 e. The normalized spacial score (nSPS) is 13.8. The van der Waals surface area contributed by atoms with E-state index in [1.807, 2.05) is 38.3 Å². The van der Waals surface area contributed by atoms with Gasteiger partial charge in [0, 0.05) is 28.8 Å². The van der Waals surface area contributed by atoms with Gasteiger partial charge in [-0.25, -0.2) is 9.97 Å². The Kier molecular flexibility index (Phi) is 6.76. The molecule has 0 atom stereocenters. The zero-order chi connectivity index (χ0) is 20.9. The first kappa shape index (κ1) is 21.1. The zero-order valence-corrected chi connectivity index (χ0v) is 18.0. The number of thiophene rings is 1. The van der Waals surface area contributed by atoms with E-state index in [0.29, 0.717) is 22.8 Å². The molecule has 8 heteroatoms. The summed E-state index contributed by atoms with van der Waals surface area (Å²) in [5, 5.41) is 8.05. The summed E-state index contributed by atoms with van der Waals surface area (Å²) in [6.07, 6.45) is 6.89. The Balaban J connectivity index is 0.000000419. The predicted molar refractivity (Wildman–Crippen MR) is 120 cm³/mol. The quantitative estimate of drug-likeness (QED) is 0.596. The molecule has 29 heavy (non-hydrogen) atoms. The van der Waals surface area contributed by atoms with Gasteiger partial charge < -0.3 is 16.4 Å². The first-order valence-corrected chi connectivity index (χ1v) is 10.8. The number of hydrogen-bond donors (Lipinski definition) is 3. The second-order valence-electron chi connectivity index (χ2n) is 7.64. The van der Waals surface area contributed by atoms with E-state index >= 15 is 0 Å². The molecule has 4 heterocycles. The monoisotopic (exact) mass is 412 g/mol. The molecule has 0 saturated carbocycles. The number of nitrogens with zero attached hydrogens (tertiary/aromatic N) is 3. The summed E-state index contributed by atoms with van der Waals surface area (Å²) < 4.78 is 0.775. The highest BCUT2D eigenvalue weighted by atomic mass is 32.1. The Morgan fingerprint density at radius 2 is 1.93 bits per heavy atom. The molecule has 4 N–H and O–H groups in total. The van der Waals surface area contributed by atoms with Crippen LogP contribution in [0.5, 0.6) is 0 Å². The summed E-state index contributed by atoms with van der Waals surface area (Å²) in [6.45, 7) is 8.33. The molecule has 1 amide bonds. The lowest BCUT2D eigenvalue weighted by Gasteiger charge is -2.21. The topological polar surface area (TPSA) is 106 Å². The molecule has 7 nitrogen and oxygen atoms in total. The lowest BCUT2D eigenvalue weighted by molar-refractivity contribution is -0.124. The van der Waals surface area contributed by atoms with Gasteiger partial charge in [-0.1, -0.05) is 20.8 Å². The van der Waals surface area contributed by atoms with Gasteiger partial charge in [0.15, 0.2) is 5.82 Å². The van der Waals surface area contributed by atoms with Crippen LogP contribution >= 0.6 is 11.3 Å². The number of nitrogens with one attached hydrogen (secondary N) is 2. The van der Waals surface area contributed by atoms with Crippen LogP contribution in [0.1, 0.15) is 40.0 Å². The van der Waals surface area contributed by atoms with Gasteiger partial charge in [-0.2, -0.15) is 0 Å². The highest BCUT2D eigenvalue weighted by Crippen LogP contribution is 2.34. The number of nitrogens with two attached hydrogens (primary N) is 1. The number of amides is 1. The molecule has 4 rings (SSSR count). The van der Waals surface area contributed by atoms with Crippen molar-refractivity contribution in [2.24, 2.45) is 5.41 Å². The van der Waals surface area contributed by atoms with Gasteiger partial charge in [-0.3, -0.25) is 9.78 Å². The number of carbonyl (C=O) groups is 1. The molecule has 0 bridgehead atoms. The zero-order valence-electron chi connectivity index (χ0n) is 17.2. The van der Waals surface area contributed by atoms with Crippen molar-refractivity contribution in [3.05, 3.63) is 29.9 Å². The molecular weight excluding hydrogens is 384 g/mol. The van der Waals surface area contributed by atoms with Gasteiger partial charge in [-0.05, 0) is 44.5 Å². The summed E-state index contributed by atoms with van der Waals surface area (Å²) in [7, 11) is 0. The number of fused-ring (bicyclic) bond motifs is 1. The van der Waals surface area contributed by atoms with Gasteiger partial charge in [-0.15, -0.1) is 11.3 Å². The Hall–Kier alpha value is -2.58. The minimum absolute atomic E-state index is 0.0349. The minimum Gasteiger partial charge on any atom is -0.382 e. The van der Waals surface area contributed by atoms with Crippen molar-refractivity contribution >= 4 is 39.0 Å². The molecule has 3 aromatic rings. The van der Waals surface area contributed by atoms with E-state index in [4.69, 9.17) is 5.73 Å². The third kappa shape index (κ3) is 5.07. The molecular formula is C21H28N6OS. The maximum Gasteiger partial charge on any atom is 0.230 e.